The van der Waals surface area contributed by atoms with Gasteiger partial charge in [-0.3, -0.25) is 4.98 Å². The summed E-state index contributed by atoms with van der Waals surface area (Å²) in [7, 11) is 0. The third-order valence-electron chi connectivity index (χ3n) is 2.63. The van der Waals surface area contributed by atoms with E-state index in [2.05, 4.69) is 25.4 Å². The molecule has 3 aromatic heterocycles. The van der Waals surface area contributed by atoms with Gasteiger partial charge in [-0.2, -0.15) is 5.26 Å². The molecule has 1 N–H and O–H groups in total. The van der Waals surface area contributed by atoms with E-state index in [0.29, 0.717) is 22.1 Å². The Morgan fingerprint density at radius 3 is 2.95 bits per heavy atom. The Hall–Kier alpha value is -2.30. The number of aromatic amines is 1. The zero-order valence-corrected chi connectivity index (χ0v) is 11.8. The van der Waals surface area contributed by atoms with Crippen LogP contribution in [0.1, 0.15) is 10.6 Å². The number of hydrogen-bond donors (Lipinski definition) is 1. The number of nitriles is 1. The number of hydrogen-bond acceptors (Lipinski definition) is 6. The van der Waals surface area contributed by atoms with E-state index in [4.69, 9.17) is 16.9 Å². The minimum Gasteiger partial charge on any atom is -0.262 e. The topological polar surface area (TPSA) is 91.1 Å². The van der Waals surface area contributed by atoms with Gasteiger partial charge >= 0.3 is 0 Å². The van der Waals surface area contributed by atoms with Crippen LogP contribution in [0.4, 0.5) is 0 Å². The van der Waals surface area contributed by atoms with Gasteiger partial charge in [0.2, 0.25) is 0 Å². The molecule has 0 atom stereocenters. The van der Waals surface area contributed by atoms with Crippen molar-refractivity contribution in [3.05, 3.63) is 34.1 Å². The van der Waals surface area contributed by atoms with Crippen LogP contribution in [0.15, 0.2) is 18.5 Å². The molecular formula is C12H7ClN6S. The van der Waals surface area contributed by atoms with Crippen LogP contribution >= 0.6 is 22.9 Å². The molecule has 0 saturated carbocycles. The van der Waals surface area contributed by atoms with Crippen LogP contribution < -0.4 is 0 Å². The van der Waals surface area contributed by atoms with Crippen molar-refractivity contribution in [2.24, 2.45) is 0 Å². The molecule has 0 aliphatic rings. The Morgan fingerprint density at radius 2 is 2.20 bits per heavy atom. The summed E-state index contributed by atoms with van der Waals surface area (Å²) in [5.41, 5.74) is 2.24. The lowest BCUT2D eigenvalue weighted by atomic mass is 10.2. The van der Waals surface area contributed by atoms with Crippen molar-refractivity contribution in [3.63, 3.8) is 0 Å². The summed E-state index contributed by atoms with van der Waals surface area (Å²) in [5, 5.41) is 20.4. The van der Waals surface area contributed by atoms with Gasteiger partial charge in [-0.1, -0.05) is 16.8 Å². The normalized spacial score (nSPS) is 10.4. The van der Waals surface area contributed by atoms with Gasteiger partial charge in [-0.25, -0.2) is 10.1 Å². The number of thiazole rings is 1. The van der Waals surface area contributed by atoms with Crippen LogP contribution in [-0.4, -0.2) is 25.4 Å². The maximum atomic E-state index is 9.01. The molecule has 0 spiro atoms. The monoisotopic (exact) mass is 302 g/mol. The first-order valence-corrected chi connectivity index (χ1v) is 6.78. The Balaban J connectivity index is 2.11. The lowest BCUT2D eigenvalue weighted by Gasteiger charge is -1.95. The second-order valence-electron chi connectivity index (χ2n) is 3.96. The van der Waals surface area contributed by atoms with Crippen molar-refractivity contribution in [3.8, 4) is 28.0 Å². The Labute approximate surface area is 123 Å². The van der Waals surface area contributed by atoms with Crippen LogP contribution in [0.5, 0.6) is 0 Å². The molecule has 3 aromatic rings. The third kappa shape index (κ3) is 2.15. The average molecular weight is 303 g/mol. The number of nitrogens with one attached hydrogen (secondary N) is 1. The van der Waals surface area contributed by atoms with Gasteiger partial charge in [-0.05, 0) is 13.0 Å². The standard InChI is InChI=1S/C12H7ClN6S/c1-6-10(11-9(3-14)17-19-18-11)16-12(20-6)7-2-8(13)5-15-4-7/h2,4-5H,1H3,(H,17,18,19). The zero-order chi connectivity index (χ0) is 14.1. The van der Waals surface area contributed by atoms with Crippen molar-refractivity contribution < 1.29 is 0 Å². The van der Waals surface area contributed by atoms with Crippen LogP contribution in [0.3, 0.4) is 0 Å². The molecule has 8 heteroatoms. The van der Waals surface area contributed by atoms with E-state index in [1.807, 2.05) is 13.0 Å². The SMILES string of the molecule is Cc1sc(-c2cncc(Cl)c2)nc1-c1nn[nH]c1C#N. The predicted octanol–water partition coefficient (Wildman–Crippen LogP) is 2.82. The molecule has 20 heavy (non-hydrogen) atoms. The summed E-state index contributed by atoms with van der Waals surface area (Å²) in [6.45, 7) is 1.92. The van der Waals surface area contributed by atoms with Gasteiger partial charge in [0.15, 0.2) is 5.69 Å². The molecule has 0 saturated heterocycles. The fraction of sp³-hybridized carbons (Fsp3) is 0.0833. The summed E-state index contributed by atoms with van der Waals surface area (Å²) in [4.78, 5) is 9.51. The smallest absolute Gasteiger partial charge is 0.165 e. The number of nitrogens with zero attached hydrogens (tertiary/aromatic N) is 5. The summed E-state index contributed by atoms with van der Waals surface area (Å²) in [6, 6.07) is 3.81. The van der Waals surface area contributed by atoms with E-state index in [9.17, 15) is 0 Å². The average Bonchev–Trinajstić information content (AvgIpc) is 3.04. The largest absolute Gasteiger partial charge is 0.262 e. The highest BCUT2D eigenvalue weighted by Gasteiger charge is 2.17. The van der Waals surface area contributed by atoms with E-state index in [1.54, 1.807) is 18.5 Å². The molecule has 0 bridgehead atoms. The van der Waals surface area contributed by atoms with E-state index >= 15 is 0 Å². The molecular weight excluding hydrogens is 296 g/mol. The zero-order valence-electron chi connectivity index (χ0n) is 10.3. The number of aromatic nitrogens is 5. The first-order valence-electron chi connectivity index (χ1n) is 5.59. The number of rotatable bonds is 2. The molecule has 0 fully saturated rings. The van der Waals surface area contributed by atoms with Crippen LogP contribution in [0.2, 0.25) is 5.02 Å². The fourth-order valence-electron chi connectivity index (χ4n) is 1.74. The molecule has 3 rings (SSSR count). The fourth-order valence-corrected chi connectivity index (χ4v) is 2.81. The summed E-state index contributed by atoms with van der Waals surface area (Å²) < 4.78 is 0. The van der Waals surface area contributed by atoms with Crippen molar-refractivity contribution in [1.82, 2.24) is 25.4 Å². The Kier molecular flexibility index (Phi) is 3.18. The first kappa shape index (κ1) is 12.7. The first-order chi connectivity index (χ1) is 9.69. The summed E-state index contributed by atoms with van der Waals surface area (Å²) in [5.74, 6) is 0. The quantitative estimate of drug-likeness (QED) is 0.786. The number of pyridine rings is 1. The van der Waals surface area contributed by atoms with Crippen molar-refractivity contribution >= 4 is 22.9 Å². The maximum absolute atomic E-state index is 9.01. The number of H-pyrrole nitrogens is 1. The minimum absolute atomic E-state index is 0.300. The molecule has 0 aromatic carbocycles. The lowest BCUT2D eigenvalue weighted by molar-refractivity contribution is 0.936. The van der Waals surface area contributed by atoms with Gasteiger partial charge in [-0.15, -0.1) is 16.4 Å². The molecule has 6 nitrogen and oxygen atoms in total. The van der Waals surface area contributed by atoms with Gasteiger partial charge < -0.3 is 0 Å². The molecule has 0 aliphatic heterocycles. The molecule has 0 radical (unpaired) electrons. The van der Waals surface area contributed by atoms with Crippen LogP contribution in [-0.2, 0) is 0 Å². The predicted molar refractivity (Wildman–Crippen MR) is 75.2 cm³/mol. The highest BCUT2D eigenvalue weighted by Crippen LogP contribution is 2.33. The van der Waals surface area contributed by atoms with Gasteiger partial charge in [0.05, 0.1) is 5.02 Å². The van der Waals surface area contributed by atoms with Crippen molar-refractivity contribution in [2.75, 3.05) is 0 Å². The molecule has 3 heterocycles. The molecule has 0 aliphatic carbocycles. The minimum atomic E-state index is 0.300. The molecule has 0 amide bonds. The number of aryl methyl sites for hydroxylation is 1. The Morgan fingerprint density at radius 1 is 1.35 bits per heavy atom. The van der Waals surface area contributed by atoms with Crippen LogP contribution in [0.25, 0.3) is 22.0 Å². The van der Waals surface area contributed by atoms with Gasteiger partial charge in [0.1, 0.15) is 22.5 Å². The van der Waals surface area contributed by atoms with E-state index < -0.39 is 0 Å². The van der Waals surface area contributed by atoms with Crippen molar-refractivity contribution in [2.45, 2.75) is 6.92 Å². The third-order valence-corrected chi connectivity index (χ3v) is 3.86. The summed E-state index contributed by atoms with van der Waals surface area (Å²) in [6.07, 6.45) is 3.26. The van der Waals surface area contributed by atoms with E-state index in [-0.39, 0.29) is 0 Å². The second kappa shape index (κ2) is 5.00. The number of halogens is 1. The Bertz CT molecular complexity index is 815. The van der Waals surface area contributed by atoms with Gasteiger partial charge in [0.25, 0.3) is 0 Å². The molecule has 98 valence electrons. The van der Waals surface area contributed by atoms with Crippen LogP contribution in [0, 0.1) is 18.3 Å². The van der Waals surface area contributed by atoms with E-state index in [0.717, 1.165) is 15.4 Å². The van der Waals surface area contributed by atoms with Gasteiger partial charge in [0, 0.05) is 22.8 Å². The highest BCUT2D eigenvalue weighted by molar-refractivity contribution is 7.15. The second-order valence-corrected chi connectivity index (χ2v) is 5.60. The molecule has 0 unspecified atom stereocenters. The highest BCUT2D eigenvalue weighted by atomic mass is 35.5. The van der Waals surface area contributed by atoms with Crippen molar-refractivity contribution in [1.29, 1.82) is 5.26 Å². The van der Waals surface area contributed by atoms with E-state index in [1.165, 1.54) is 11.3 Å². The lowest BCUT2D eigenvalue weighted by Crippen LogP contribution is -1.86. The summed E-state index contributed by atoms with van der Waals surface area (Å²) >= 11 is 7.43. The maximum Gasteiger partial charge on any atom is 0.165 e.